The van der Waals surface area contributed by atoms with Crippen LogP contribution in [0.15, 0.2) is 43.0 Å². The van der Waals surface area contributed by atoms with Gasteiger partial charge >= 0.3 is 0 Å². The highest BCUT2D eigenvalue weighted by Gasteiger charge is 1.97. The van der Waals surface area contributed by atoms with Crippen LogP contribution in [0, 0.1) is 6.92 Å². The van der Waals surface area contributed by atoms with E-state index < -0.39 is 0 Å². The van der Waals surface area contributed by atoms with Gasteiger partial charge in [-0.15, -0.1) is 0 Å². The highest BCUT2D eigenvalue weighted by Crippen LogP contribution is 2.16. The first-order chi connectivity index (χ1) is 9.36. The molecule has 0 fully saturated rings. The number of ether oxygens (including phenoxy) is 1. The van der Waals surface area contributed by atoms with Crippen molar-refractivity contribution in [2.45, 2.75) is 32.2 Å². The zero-order chi connectivity index (χ0) is 13.3. The van der Waals surface area contributed by atoms with E-state index >= 15 is 0 Å². The molecule has 1 aromatic heterocycles. The third kappa shape index (κ3) is 4.78. The highest BCUT2D eigenvalue weighted by atomic mass is 16.5. The summed E-state index contributed by atoms with van der Waals surface area (Å²) in [6, 6.07) is 7.91. The third-order valence-electron chi connectivity index (χ3n) is 3.10. The average Bonchev–Trinajstić information content (AvgIpc) is 2.93. The largest absolute Gasteiger partial charge is 0.493 e. The first-order valence-electron chi connectivity index (χ1n) is 6.86. The molecule has 0 N–H and O–H groups in total. The Morgan fingerprint density at radius 1 is 1.11 bits per heavy atom. The number of aromatic nitrogens is 2. The molecule has 0 saturated carbocycles. The molecule has 0 atom stereocenters. The molecule has 3 heteroatoms. The predicted octanol–water partition coefficient (Wildman–Crippen LogP) is 3.70. The number of hydrogen-bond donors (Lipinski definition) is 0. The lowest BCUT2D eigenvalue weighted by Gasteiger charge is -2.08. The fourth-order valence-corrected chi connectivity index (χ4v) is 2.00. The van der Waals surface area contributed by atoms with Crippen molar-refractivity contribution in [1.82, 2.24) is 9.55 Å². The van der Waals surface area contributed by atoms with Gasteiger partial charge in [-0.3, -0.25) is 0 Å². The molecule has 1 heterocycles. The maximum Gasteiger partial charge on any atom is 0.122 e. The van der Waals surface area contributed by atoms with E-state index in [1.807, 2.05) is 43.0 Å². The molecule has 3 nitrogen and oxygen atoms in total. The van der Waals surface area contributed by atoms with E-state index in [1.54, 1.807) is 0 Å². The first kappa shape index (κ1) is 13.7. The van der Waals surface area contributed by atoms with Crippen LogP contribution in [0.3, 0.4) is 0 Å². The second-order valence-electron chi connectivity index (χ2n) is 4.67. The molecule has 0 aliphatic carbocycles. The fraction of sp³-hybridized carbons (Fsp3) is 0.375. The maximum absolute atomic E-state index is 5.71. The SMILES string of the molecule is [CH2]c1ccccc1OCCCCCCn1ccnc1. The minimum atomic E-state index is 0.775. The normalized spacial score (nSPS) is 10.6. The fourth-order valence-electron chi connectivity index (χ4n) is 2.00. The van der Waals surface area contributed by atoms with E-state index in [9.17, 15) is 0 Å². The minimum Gasteiger partial charge on any atom is -0.493 e. The lowest BCUT2D eigenvalue weighted by Crippen LogP contribution is -1.99. The molecule has 0 spiro atoms. The van der Waals surface area contributed by atoms with Crippen molar-refractivity contribution in [2.75, 3.05) is 6.61 Å². The van der Waals surface area contributed by atoms with E-state index in [1.165, 1.54) is 19.3 Å². The molecule has 0 aliphatic heterocycles. The third-order valence-corrected chi connectivity index (χ3v) is 3.10. The molecule has 0 unspecified atom stereocenters. The van der Waals surface area contributed by atoms with Gasteiger partial charge < -0.3 is 9.30 Å². The number of benzene rings is 1. The van der Waals surface area contributed by atoms with Gasteiger partial charge in [-0.25, -0.2) is 4.98 Å². The van der Waals surface area contributed by atoms with E-state index in [0.29, 0.717) is 0 Å². The Labute approximate surface area is 115 Å². The summed E-state index contributed by atoms with van der Waals surface area (Å²) in [5, 5.41) is 0. The van der Waals surface area contributed by atoms with Crippen LogP contribution >= 0.6 is 0 Å². The van der Waals surface area contributed by atoms with Gasteiger partial charge in [0.05, 0.1) is 12.9 Å². The van der Waals surface area contributed by atoms with Crippen LogP contribution in [-0.4, -0.2) is 16.2 Å². The number of para-hydroxylation sites is 1. The van der Waals surface area contributed by atoms with Crippen molar-refractivity contribution in [1.29, 1.82) is 0 Å². The second-order valence-corrected chi connectivity index (χ2v) is 4.67. The van der Waals surface area contributed by atoms with Gasteiger partial charge in [0.25, 0.3) is 0 Å². The Morgan fingerprint density at radius 2 is 1.95 bits per heavy atom. The molecule has 1 aromatic carbocycles. The smallest absolute Gasteiger partial charge is 0.122 e. The van der Waals surface area contributed by atoms with Crippen LogP contribution in [0.1, 0.15) is 31.2 Å². The van der Waals surface area contributed by atoms with Crippen LogP contribution in [0.5, 0.6) is 5.75 Å². The van der Waals surface area contributed by atoms with Crippen molar-refractivity contribution in [3.05, 3.63) is 55.5 Å². The molecule has 101 valence electrons. The van der Waals surface area contributed by atoms with Crippen LogP contribution in [0.2, 0.25) is 0 Å². The molecule has 2 rings (SSSR count). The van der Waals surface area contributed by atoms with Gasteiger partial charge in [-0.2, -0.15) is 0 Å². The first-order valence-corrected chi connectivity index (χ1v) is 6.86. The van der Waals surface area contributed by atoms with Gasteiger partial charge in [-0.1, -0.05) is 31.0 Å². The van der Waals surface area contributed by atoms with E-state index in [0.717, 1.165) is 30.9 Å². The van der Waals surface area contributed by atoms with Gasteiger partial charge in [0, 0.05) is 18.9 Å². The molecular weight excluding hydrogens is 236 g/mol. The van der Waals surface area contributed by atoms with Gasteiger partial charge in [0.15, 0.2) is 0 Å². The number of hydrogen-bond acceptors (Lipinski definition) is 2. The van der Waals surface area contributed by atoms with Gasteiger partial charge in [0.1, 0.15) is 5.75 Å². The van der Waals surface area contributed by atoms with Crippen molar-refractivity contribution < 1.29 is 4.74 Å². The second kappa shape index (κ2) is 7.62. The van der Waals surface area contributed by atoms with Gasteiger partial charge in [0.2, 0.25) is 0 Å². The van der Waals surface area contributed by atoms with Gasteiger partial charge in [-0.05, 0) is 31.4 Å². The monoisotopic (exact) mass is 257 g/mol. The highest BCUT2D eigenvalue weighted by molar-refractivity contribution is 5.35. The Balaban J connectivity index is 1.52. The average molecular weight is 257 g/mol. The number of imidazole rings is 1. The number of unbranched alkanes of at least 4 members (excludes halogenated alkanes) is 3. The van der Waals surface area contributed by atoms with E-state index in [-0.39, 0.29) is 0 Å². The van der Waals surface area contributed by atoms with Crippen molar-refractivity contribution in [2.24, 2.45) is 0 Å². The summed E-state index contributed by atoms with van der Waals surface area (Å²) >= 11 is 0. The Hall–Kier alpha value is -1.77. The minimum absolute atomic E-state index is 0.775. The van der Waals surface area contributed by atoms with Crippen LogP contribution < -0.4 is 4.74 Å². The van der Waals surface area contributed by atoms with E-state index in [2.05, 4.69) is 16.5 Å². The Bertz CT molecular complexity index is 465. The molecule has 1 radical (unpaired) electrons. The molecule has 0 bridgehead atoms. The van der Waals surface area contributed by atoms with Crippen molar-refractivity contribution in [3.8, 4) is 5.75 Å². The summed E-state index contributed by atoms with van der Waals surface area (Å²) in [5.41, 5.74) is 0.961. The van der Waals surface area contributed by atoms with E-state index in [4.69, 9.17) is 4.74 Å². The van der Waals surface area contributed by atoms with Crippen LogP contribution in [-0.2, 0) is 6.54 Å². The zero-order valence-corrected chi connectivity index (χ0v) is 11.3. The summed E-state index contributed by atoms with van der Waals surface area (Å²) in [5.74, 6) is 0.904. The maximum atomic E-state index is 5.71. The standard InChI is InChI=1S/C16H21N2O/c1-15-8-4-5-9-16(15)19-13-7-3-2-6-11-18-12-10-17-14-18/h4-5,8-10,12,14H,1-3,6-7,11,13H2. The molecule has 0 aliphatic rings. The summed E-state index contributed by atoms with van der Waals surface area (Å²) in [6.07, 6.45) is 10.4. The van der Waals surface area contributed by atoms with Crippen molar-refractivity contribution >= 4 is 0 Å². The number of nitrogens with zero attached hydrogens (tertiary/aromatic N) is 2. The number of rotatable bonds is 8. The molecule has 2 aromatic rings. The zero-order valence-electron chi connectivity index (χ0n) is 11.3. The number of aryl methyl sites for hydroxylation is 1. The quantitative estimate of drug-likeness (QED) is 0.674. The molecule has 0 saturated heterocycles. The lowest BCUT2D eigenvalue weighted by atomic mass is 10.2. The topological polar surface area (TPSA) is 27.1 Å². The Kier molecular flexibility index (Phi) is 5.48. The predicted molar refractivity (Wildman–Crippen MR) is 77.1 cm³/mol. The summed E-state index contributed by atoms with van der Waals surface area (Å²) in [4.78, 5) is 4.03. The Morgan fingerprint density at radius 3 is 2.74 bits per heavy atom. The molecular formula is C16H21N2O. The molecule has 19 heavy (non-hydrogen) atoms. The van der Waals surface area contributed by atoms with Crippen LogP contribution in [0.4, 0.5) is 0 Å². The molecule has 0 amide bonds. The summed E-state index contributed by atoms with van der Waals surface area (Å²) < 4.78 is 7.83. The van der Waals surface area contributed by atoms with Crippen LogP contribution in [0.25, 0.3) is 0 Å². The van der Waals surface area contributed by atoms with Crippen molar-refractivity contribution in [3.63, 3.8) is 0 Å². The summed E-state index contributed by atoms with van der Waals surface area (Å²) in [7, 11) is 0. The lowest BCUT2D eigenvalue weighted by molar-refractivity contribution is 0.303. The summed E-state index contributed by atoms with van der Waals surface area (Å²) in [6.45, 7) is 5.78.